The highest BCUT2D eigenvalue weighted by molar-refractivity contribution is 6.08. The lowest BCUT2D eigenvalue weighted by Crippen LogP contribution is -2.39. The molecule has 1 unspecified atom stereocenters. The van der Waals surface area contributed by atoms with Gasteiger partial charge in [-0.25, -0.2) is 0 Å². The van der Waals surface area contributed by atoms with Crippen LogP contribution in [0, 0.1) is 11.3 Å². The topological polar surface area (TPSA) is 60.4 Å². The van der Waals surface area contributed by atoms with Crippen molar-refractivity contribution < 1.29 is 19.1 Å². The Kier molecular flexibility index (Phi) is 3.31. The van der Waals surface area contributed by atoms with Gasteiger partial charge < -0.3 is 4.74 Å². The summed E-state index contributed by atoms with van der Waals surface area (Å²) in [5.41, 5.74) is -1.14. The lowest BCUT2D eigenvalue weighted by molar-refractivity contribution is -0.161. The minimum atomic E-state index is -1.14. The average molecular weight is 238 g/mol. The zero-order chi connectivity index (χ0) is 12.5. The summed E-state index contributed by atoms with van der Waals surface area (Å²) in [4.78, 5) is 35.8. The summed E-state index contributed by atoms with van der Waals surface area (Å²) in [6.45, 7) is 1.97. The van der Waals surface area contributed by atoms with Gasteiger partial charge in [0.1, 0.15) is 11.2 Å². The van der Waals surface area contributed by atoms with Crippen molar-refractivity contribution in [1.82, 2.24) is 0 Å². The van der Waals surface area contributed by atoms with Gasteiger partial charge in [-0.1, -0.05) is 0 Å². The number of hydrogen-bond donors (Lipinski definition) is 0. The first-order valence-electron chi connectivity index (χ1n) is 6.33. The minimum Gasteiger partial charge on any atom is -0.465 e. The molecule has 1 atom stereocenters. The number of carbonyl (C=O) groups excluding carboxylic acids is 3. The molecule has 2 rings (SSSR count). The van der Waals surface area contributed by atoms with Crippen molar-refractivity contribution in [3.63, 3.8) is 0 Å². The molecule has 2 aliphatic rings. The van der Waals surface area contributed by atoms with E-state index < -0.39 is 11.4 Å². The lowest BCUT2D eigenvalue weighted by Gasteiger charge is -2.24. The van der Waals surface area contributed by atoms with Crippen LogP contribution in [-0.2, 0) is 19.1 Å². The lowest BCUT2D eigenvalue weighted by atomic mass is 9.79. The molecular formula is C13H18O4. The third-order valence-corrected chi connectivity index (χ3v) is 3.72. The van der Waals surface area contributed by atoms with E-state index in [0.29, 0.717) is 19.3 Å². The summed E-state index contributed by atoms with van der Waals surface area (Å²) < 4.78 is 4.99. The van der Waals surface area contributed by atoms with Crippen LogP contribution < -0.4 is 0 Å². The van der Waals surface area contributed by atoms with E-state index in [1.54, 1.807) is 6.92 Å². The second-order valence-corrected chi connectivity index (χ2v) is 5.00. The molecule has 2 saturated carbocycles. The Labute approximate surface area is 101 Å². The molecule has 0 aliphatic heterocycles. The maximum atomic E-state index is 12.0. The van der Waals surface area contributed by atoms with E-state index >= 15 is 0 Å². The molecule has 0 N–H and O–H groups in total. The fourth-order valence-electron chi connectivity index (χ4n) is 2.52. The molecule has 0 saturated heterocycles. The van der Waals surface area contributed by atoms with Crippen molar-refractivity contribution in [2.45, 2.75) is 45.4 Å². The maximum Gasteiger partial charge on any atom is 0.320 e. The first-order valence-corrected chi connectivity index (χ1v) is 6.33. The molecule has 0 aromatic rings. The molecule has 0 aromatic carbocycles. The van der Waals surface area contributed by atoms with Crippen LogP contribution >= 0.6 is 0 Å². The molecule has 4 heteroatoms. The monoisotopic (exact) mass is 238 g/mol. The number of ether oxygens (including phenoxy) is 1. The third kappa shape index (κ3) is 2.26. The van der Waals surface area contributed by atoms with Crippen LogP contribution in [0.1, 0.15) is 45.4 Å². The molecule has 0 amide bonds. The molecule has 2 fully saturated rings. The normalized spacial score (nSPS) is 28.2. The summed E-state index contributed by atoms with van der Waals surface area (Å²) >= 11 is 0. The molecule has 0 spiro atoms. The largest absolute Gasteiger partial charge is 0.465 e. The summed E-state index contributed by atoms with van der Waals surface area (Å²) in [6.07, 6.45) is 3.45. The van der Waals surface area contributed by atoms with E-state index in [0.717, 1.165) is 12.8 Å². The fourth-order valence-corrected chi connectivity index (χ4v) is 2.52. The average Bonchev–Trinajstić information content (AvgIpc) is 3.06. The number of Topliss-reactive ketones (excluding diaryl/α,β-unsaturated/α-hetero) is 2. The molecule has 2 aliphatic carbocycles. The standard InChI is InChI=1S/C13H18O4/c1-2-17-12(16)13(7-3-4-11(13)15)8-10(14)9-5-6-9/h9H,2-8H2,1H3. The number of carbonyl (C=O) groups is 3. The van der Waals surface area contributed by atoms with Crippen LogP contribution in [0.3, 0.4) is 0 Å². The Bertz CT molecular complexity index is 356. The highest BCUT2D eigenvalue weighted by Crippen LogP contribution is 2.43. The summed E-state index contributed by atoms with van der Waals surface area (Å²) in [6, 6.07) is 0. The summed E-state index contributed by atoms with van der Waals surface area (Å²) in [5.74, 6) is -0.440. The van der Waals surface area contributed by atoms with Crippen LogP contribution in [0.15, 0.2) is 0 Å². The second kappa shape index (κ2) is 4.59. The van der Waals surface area contributed by atoms with E-state index in [1.807, 2.05) is 0 Å². The number of ketones is 2. The zero-order valence-electron chi connectivity index (χ0n) is 10.2. The zero-order valence-corrected chi connectivity index (χ0v) is 10.2. The Morgan fingerprint density at radius 2 is 2.12 bits per heavy atom. The van der Waals surface area contributed by atoms with Crippen LogP contribution in [-0.4, -0.2) is 24.1 Å². The van der Waals surface area contributed by atoms with Crippen molar-refractivity contribution in [2.75, 3.05) is 6.61 Å². The summed E-state index contributed by atoms with van der Waals surface area (Å²) in [5, 5.41) is 0. The molecule has 0 radical (unpaired) electrons. The number of rotatable bonds is 5. The molecule has 0 aromatic heterocycles. The molecule has 94 valence electrons. The van der Waals surface area contributed by atoms with E-state index in [1.165, 1.54) is 0 Å². The Hall–Kier alpha value is -1.19. The van der Waals surface area contributed by atoms with Crippen LogP contribution in [0.25, 0.3) is 0 Å². The van der Waals surface area contributed by atoms with Gasteiger partial charge in [0.05, 0.1) is 6.61 Å². The van der Waals surface area contributed by atoms with Crippen molar-refractivity contribution in [3.05, 3.63) is 0 Å². The highest BCUT2D eigenvalue weighted by atomic mass is 16.5. The number of hydrogen-bond acceptors (Lipinski definition) is 4. The van der Waals surface area contributed by atoms with Crippen molar-refractivity contribution in [1.29, 1.82) is 0 Å². The predicted octanol–water partition coefficient (Wildman–Crippen LogP) is 1.66. The summed E-state index contributed by atoms with van der Waals surface area (Å²) in [7, 11) is 0. The first kappa shape index (κ1) is 12.3. The van der Waals surface area contributed by atoms with E-state index in [-0.39, 0.29) is 30.5 Å². The van der Waals surface area contributed by atoms with Gasteiger partial charge in [0, 0.05) is 18.8 Å². The van der Waals surface area contributed by atoms with Gasteiger partial charge in [0.15, 0.2) is 5.78 Å². The van der Waals surface area contributed by atoms with Gasteiger partial charge >= 0.3 is 5.97 Å². The van der Waals surface area contributed by atoms with E-state index in [9.17, 15) is 14.4 Å². The SMILES string of the molecule is CCOC(=O)C1(CC(=O)C2CC2)CCCC1=O. The van der Waals surface area contributed by atoms with Crippen LogP contribution in [0.5, 0.6) is 0 Å². The molecule has 17 heavy (non-hydrogen) atoms. The van der Waals surface area contributed by atoms with Gasteiger partial charge in [0.2, 0.25) is 0 Å². The molecule has 0 heterocycles. The smallest absolute Gasteiger partial charge is 0.320 e. The first-order chi connectivity index (χ1) is 8.10. The van der Waals surface area contributed by atoms with Crippen LogP contribution in [0.2, 0.25) is 0 Å². The minimum absolute atomic E-state index is 0.0632. The Balaban J connectivity index is 2.14. The Morgan fingerprint density at radius 3 is 2.59 bits per heavy atom. The Morgan fingerprint density at radius 1 is 1.41 bits per heavy atom. The molecule has 0 bridgehead atoms. The van der Waals surface area contributed by atoms with Gasteiger partial charge in [-0.15, -0.1) is 0 Å². The third-order valence-electron chi connectivity index (χ3n) is 3.72. The van der Waals surface area contributed by atoms with Crippen molar-refractivity contribution in [3.8, 4) is 0 Å². The number of esters is 1. The van der Waals surface area contributed by atoms with Gasteiger partial charge in [0.25, 0.3) is 0 Å². The van der Waals surface area contributed by atoms with Crippen LogP contribution in [0.4, 0.5) is 0 Å². The molecule has 4 nitrogen and oxygen atoms in total. The quantitative estimate of drug-likeness (QED) is 0.540. The van der Waals surface area contributed by atoms with Crippen molar-refractivity contribution >= 4 is 17.5 Å². The van der Waals surface area contributed by atoms with Crippen molar-refractivity contribution in [2.24, 2.45) is 11.3 Å². The fraction of sp³-hybridized carbons (Fsp3) is 0.769. The van der Waals surface area contributed by atoms with Gasteiger partial charge in [-0.3, -0.25) is 14.4 Å². The maximum absolute atomic E-state index is 12.0. The van der Waals surface area contributed by atoms with E-state index in [4.69, 9.17) is 4.74 Å². The van der Waals surface area contributed by atoms with Gasteiger partial charge in [-0.2, -0.15) is 0 Å². The molecular weight excluding hydrogens is 220 g/mol. The van der Waals surface area contributed by atoms with Gasteiger partial charge in [-0.05, 0) is 32.6 Å². The van der Waals surface area contributed by atoms with E-state index in [2.05, 4.69) is 0 Å². The highest BCUT2D eigenvalue weighted by Gasteiger charge is 2.52. The second-order valence-electron chi connectivity index (χ2n) is 5.00. The predicted molar refractivity (Wildman–Crippen MR) is 60.3 cm³/mol.